The van der Waals surface area contributed by atoms with Gasteiger partial charge in [0.25, 0.3) is 5.91 Å². The van der Waals surface area contributed by atoms with E-state index < -0.39 is 6.03 Å². The molecule has 0 aliphatic carbocycles. The molecule has 162 valence electrons. The van der Waals surface area contributed by atoms with E-state index in [2.05, 4.69) is 16.0 Å². The Kier molecular flexibility index (Phi) is 8.96. The number of hydrogen-bond donors (Lipinski definition) is 3. The molecule has 0 aliphatic heterocycles. The van der Waals surface area contributed by atoms with Crippen molar-refractivity contribution in [1.29, 1.82) is 0 Å². The first-order valence-corrected chi connectivity index (χ1v) is 9.84. The highest BCUT2D eigenvalue weighted by Crippen LogP contribution is 2.25. The summed E-state index contributed by atoms with van der Waals surface area (Å²) in [4.78, 5) is 27.0. The number of hydrogen-bond acceptors (Lipinski definition) is 5. The van der Waals surface area contributed by atoms with Crippen molar-refractivity contribution in [3.05, 3.63) is 48.0 Å². The first-order valence-electron chi connectivity index (χ1n) is 9.84. The van der Waals surface area contributed by atoms with E-state index in [1.807, 2.05) is 38.1 Å². The molecule has 8 heteroatoms. The van der Waals surface area contributed by atoms with E-state index >= 15 is 0 Å². The maximum atomic E-state index is 12.7. The third kappa shape index (κ3) is 6.66. The number of benzene rings is 2. The van der Waals surface area contributed by atoms with Crippen LogP contribution in [0.3, 0.4) is 0 Å². The van der Waals surface area contributed by atoms with Gasteiger partial charge in [-0.15, -0.1) is 0 Å². The first-order chi connectivity index (χ1) is 14.5. The highest BCUT2D eigenvalue weighted by molar-refractivity contribution is 6.04. The van der Waals surface area contributed by atoms with Gasteiger partial charge < -0.3 is 30.3 Å². The molecule has 0 bridgehead atoms. The van der Waals surface area contributed by atoms with Gasteiger partial charge in [0, 0.05) is 45.7 Å². The lowest BCUT2D eigenvalue weighted by Gasteiger charge is -2.19. The molecular weight excluding hydrogens is 384 g/mol. The zero-order valence-corrected chi connectivity index (χ0v) is 18.0. The van der Waals surface area contributed by atoms with Crippen molar-refractivity contribution in [1.82, 2.24) is 5.32 Å². The molecule has 2 aromatic carbocycles. The highest BCUT2D eigenvalue weighted by atomic mass is 16.5. The molecule has 0 saturated heterocycles. The van der Waals surface area contributed by atoms with Crippen LogP contribution in [0.4, 0.5) is 21.9 Å². The van der Waals surface area contributed by atoms with Gasteiger partial charge in [0.05, 0.1) is 17.9 Å². The Morgan fingerprint density at radius 2 is 1.83 bits per heavy atom. The van der Waals surface area contributed by atoms with Gasteiger partial charge in [0.15, 0.2) is 0 Å². The lowest BCUT2D eigenvalue weighted by Crippen LogP contribution is -2.27. The number of urea groups is 1. The van der Waals surface area contributed by atoms with Crippen LogP contribution < -0.4 is 25.6 Å². The molecule has 0 spiro atoms. The average molecular weight is 415 g/mol. The van der Waals surface area contributed by atoms with Gasteiger partial charge in [-0.3, -0.25) is 4.79 Å². The molecule has 0 heterocycles. The van der Waals surface area contributed by atoms with Crippen molar-refractivity contribution in [2.24, 2.45) is 0 Å². The summed E-state index contributed by atoms with van der Waals surface area (Å²) in [6.07, 6.45) is 0.721. The summed E-state index contributed by atoms with van der Waals surface area (Å²) in [5, 5.41) is 8.43. The molecule has 0 fully saturated rings. The second-order valence-corrected chi connectivity index (χ2v) is 6.74. The van der Waals surface area contributed by atoms with Crippen molar-refractivity contribution < 1.29 is 19.1 Å². The molecule has 3 N–H and O–H groups in total. The number of nitrogens with zero attached hydrogens (tertiary/aromatic N) is 1. The number of rotatable bonds is 10. The largest absolute Gasteiger partial charge is 0.492 e. The van der Waals surface area contributed by atoms with Crippen LogP contribution in [0.2, 0.25) is 0 Å². The van der Waals surface area contributed by atoms with E-state index in [1.54, 1.807) is 37.4 Å². The number of ether oxygens (including phenoxy) is 2. The Balaban J connectivity index is 2.12. The van der Waals surface area contributed by atoms with Gasteiger partial charge >= 0.3 is 6.03 Å². The van der Waals surface area contributed by atoms with Gasteiger partial charge in [0.1, 0.15) is 5.75 Å². The Bertz CT molecular complexity index is 855. The SMILES string of the molecule is CCOc1ccccc1NC(=O)Nc1ccc(N(C)C)c(C(=O)NCCCOC)c1. The van der Waals surface area contributed by atoms with Crippen LogP contribution in [0.15, 0.2) is 42.5 Å². The van der Waals surface area contributed by atoms with Crippen LogP contribution in [-0.4, -0.2) is 52.9 Å². The van der Waals surface area contributed by atoms with Crippen LogP contribution >= 0.6 is 0 Å². The number of para-hydroxylation sites is 2. The fourth-order valence-electron chi connectivity index (χ4n) is 2.84. The number of methoxy groups -OCH3 is 1. The maximum absolute atomic E-state index is 12.7. The molecular formula is C22H30N4O4. The van der Waals surface area contributed by atoms with Crippen LogP contribution in [-0.2, 0) is 4.74 Å². The van der Waals surface area contributed by atoms with Crippen LogP contribution in [0, 0.1) is 0 Å². The summed E-state index contributed by atoms with van der Waals surface area (Å²) in [5.74, 6) is 0.384. The fourth-order valence-corrected chi connectivity index (χ4v) is 2.84. The van der Waals surface area contributed by atoms with E-state index in [-0.39, 0.29) is 5.91 Å². The van der Waals surface area contributed by atoms with Crippen molar-refractivity contribution >= 4 is 29.0 Å². The molecule has 0 aliphatic rings. The van der Waals surface area contributed by atoms with E-state index in [9.17, 15) is 9.59 Å². The quantitative estimate of drug-likeness (QED) is 0.517. The molecule has 0 saturated carbocycles. The van der Waals surface area contributed by atoms with E-state index in [0.29, 0.717) is 42.4 Å². The predicted octanol–water partition coefficient (Wildman–Crippen LogP) is 3.56. The van der Waals surface area contributed by atoms with Gasteiger partial charge in [-0.25, -0.2) is 4.79 Å². The lowest BCUT2D eigenvalue weighted by molar-refractivity contribution is 0.0949. The van der Waals surface area contributed by atoms with Crippen molar-refractivity contribution in [3.63, 3.8) is 0 Å². The van der Waals surface area contributed by atoms with Crippen molar-refractivity contribution in [3.8, 4) is 5.75 Å². The zero-order chi connectivity index (χ0) is 21.9. The van der Waals surface area contributed by atoms with E-state index in [1.165, 1.54) is 0 Å². The summed E-state index contributed by atoms with van der Waals surface area (Å²) in [6, 6.07) is 12.0. The molecule has 0 radical (unpaired) electrons. The third-order valence-electron chi connectivity index (χ3n) is 4.23. The van der Waals surface area contributed by atoms with E-state index in [4.69, 9.17) is 9.47 Å². The third-order valence-corrected chi connectivity index (χ3v) is 4.23. The second-order valence-electron chi connectivity index (χ2n) is 6.74. The summed E-state index contributed by atoms with van der Waals surface area (Å²) in [5.41, 5.74) is 2.31. The fraction of sp³-hybridized carbons (Fsp3) is 0.364. The monoisotopic (exact) mass is 414 g/mol. The minimum absolute atomic E-state index is 0.208. The predicted molar refractivity (Wildman–Crippen MR) is 120 cm³/mol. The molecule has 2 aromatic rings. The minimum atomic E-state index is -0.425. The number of nitrogens with one attached hydrogen (secondary N) is 3. The highest BCUT2D eigenvalue weighted by Gasteiger charge is 2.15. The number of amides is 3. The summed E-state index contributed by atoms with van der Waals surface area (Å²) in [7, 11) is 5.35. The lowest BCUT2D eigenvalue weighted by atomic mass is 10.1. The molecule has 0 unspecified atom stereocenters. The van der Waals surface area contributed by atoms with Crippen LogP contribution in [0.5, 0.6) is 5.75 Å². The van der Waals surface area contributed by atoms with Gasteiger partial charge in [-0.1, -0.05) is 12.1 Å². The Morgan fingerprint density at radius 1 is 1.07 bits per heavy atom. The first kappa shape index (κ1) is 23.0. The summed E-state index contributed by atoms with van der Waals surface area (Å²) >= 11 is 0. The molecule has 30 heavy (non-hydrogen) atoms. The minimum Gasteiger partial charge on any atom is -0.492 e. The van der Waals surface area contributed by atoms with Crippen LogP contribution in [0.25, 0.3) is 0 Å². The number of anilines is 3. The van der Waals surface area contributed by atoms with Crippen molar-refractivity contribution in [2.45, 2.75) is 13.3 Å². The van der Waals surface area contributed by atoms with Crippen molar-refractivity contribution in [2.75, 3.05) is 56.5 Å². The topological polar surface area (TPSA) is 91.9 Å². The average Bonchev–Trinajstić information content (AvgIpc) is 2.72. The summed E-state index contributed by atoms with van der Waals surface area (Å²) < 4.78 is 10.5. The van der Waals surface area contributed by atoms with Gasteiger partial charge in [-0.05, 0) is 43.7 Å². The second kappa shape index (κ2) is 11.7. The van der Waals surface area contributed by atoms with Gasteiger partial charge in [0.2, 0.25) is 0 Å². The number of carbonyl (C=O) groups excluding carboxylic acids is 2. The van der Waals surface area contributed by atoms with Crippen LogP contribution in [0.1, 0.15) is 23.7 Å². The maximum Gasteiger partial charge on any atom is 0.323 e. The van der Waals surface area contributed by atoms with E-state index in [0.717, 1.165) is 12.1 Å². The Labute approximate surface area is 177 Å². The molecule has 0 atom stereocenters. The normalized spacial score (nSPS) is 10.3. The number of carbonyl (C=O) groups is 2. The van der Waals surface area contributed by atoms with Gasteiger partial charge in [-0.2, -0.15) is 0 Å². The summed E-state index contributed by atoms with van der Waals surface area (Å²) in [6.45, 7) is 3.46. The standard InChI is InChI=1S/C22H30N4O4/c1-5-30-20-10-7-6-9-18(20)25-22(28)24-16-11-12-19(26(2)3)17(15-16)21(27)23-13-8-14-29-4/h6-7,9-12,15H,5,8,13-14H2,1-4H3,(H,23,27)(H2,24,25,28). The molecule has 3 amide bonds. The Morgan fingerprint density at radius 3 is 2.53 bits per heavy atom. The Hall–Kier alpha value is -3.26. The molecule has 0 aromatic heterocycles. The molecule has 2 rings (SSSR count). The zero-order valence-electron chi connectivity index (χ0n) is 18.0. The smallest absolute Gasteiger partial charge is 0.323 e. The molecule has 8 nitrogen and oxygen atoms in total.